The van der Waals surface area contributed by atoms with Gasteiger partial charge >= 0.3 is 5.97 Å². The van der Waals surface area contributed by atoms with Gasteiger partial charge in [-0.05, 0) is 35.9 Å². The van der Waals surface area contributed by atoms with Crippen molar-refractivity contribution < 1.29 is 14.3 Å². The van der Waals surface area contributed by atoms with Crippen LogP contribution in [0, 0.1) is 11.3 Å². The molecule has 2 rings (SSSR count). The number of nitrogens with zero attached hydrogens (tertiary/aromatic N) is 1. The summed E-state index contributed by atoms with van der Waals surface area (Å²) >= 11 is 5.95. The molecule has 23 heavy (non-hydrogen) atoms. The third kappa shape index (κ3) is 5.13. The maximum atomic E-state index is 11.7. The quantitative estimate of drug-likeness (QED) is 0.856. The lowest BCUT2D eigenvalue weighted by molar-refractivity contribution is -0.146. The highest BCUT2D eigenvalue weighted by Crippen LogP contribution is 2.15. The summed E-state index contributed by atoms with van der Waals surface area (Å²) in [5, 5.41) is 11.7. The maximum absolute atomic E-state index is 11.7. The van der Waals surface area contributed by atoms with Gasteiger partial charge < -0.3 is 10.1 Å². The van der Waals surface area contributed by atoms with E-state index in [4.69, 9.17) is 21.6 Å². The molecule has 0 bridgehead atoms. The van der Waals surface area contributed by atoms with Crippen molar-refractivity contribution in [2.45, 2.75) is 6.42 Å². The first-order chi connectivity index (χ1) is 11.1. The molecule has 0 fully saturated rings. The number of rotatable bonds is 5. The number of hydrogen-bond donors (Lipinski definition) is 1. The summed E-state index contributed by atoms with van der Waals surface area (Å²) in [5.74, 6) is -0.990. The summed E-state index contributed by atoms with van der Waals surface area (Å²) < 4.78 is 4.92. The summed E-state index contributed by atoms with van der Waals surface area (Å²) in [4.78, 5) is 23.4. The Bertz CT molecular complexity index is 751. The van der Waals surface area contributed by atoms with E-state index < -0.39 is 11.9 Å². The fourth-order valence-corrected chi connectivity index (χ4v) is 2.02. The van der Waals surface area contributed by atoms with Crippen molar-refractivity contribution in [2.24, 2.45) is 0 Å². The predicted octanol–water partition coefficient (Wildman–Crippen LogP) is 2.94. The van der Waals surface area contributed by atoms with Gasteiger partial charge in [-0.3, -0.25) is 9.59 Å². The molecule has 1 amide bonds. The van der Waals surface area contributed by atoms with Crippen LogP contribution in [0.5, 0.6) is 0 Å². The van der Waals surface area contributed by atoms with E-state index in [9.17, 15) is 9.59 Å². The van der Waals surface area contributed by atoms with Gasteiger partial charge in [0.05, 0.1) is 18.1 Å². The number of amides is 1. The molecule has 0 saturated carbocycles. The summed E-state index contributed by atoms with van der Waals surface area (Å²) in [6.07, 6.45) is 0.00379. The second kappa shape index (κ2) is 7.97. The van der Waals surface area contributed by atoms with Crippen LogP contribution < -0.4 is 5.32 Å². The van der Waals surface area contributed by atoms with Gasteiger partial charge in [-0.25, -0.2) is 0 Å². The van der Waals surface area contributed by atoms with Crippen LogP contribution in [0.15, 0.2) is 48.5 Å². The predicted molar refractivity (Wildman–Crippen MR) is 85.9 cm³/mol. The zero-order valence-corrected chi connectivity index (χ0v) is 12.8. The SMILES string of the molecule is N#Cc1ccc(NC(=O)COC(=O)Cc2ccccc2Cl)cc1. The molecule has 0 aromatic heterocycles. The molecule has 1 N–H and O–H groups in total. The van der Waals surface area contributed by atoms with Gasteiger partial charge in [-0.15, -0.1) is 0 Å². The highest BCUT2D eigenvalue weighted by atomic mass is 35.5. The van der Waals surface area contributed by atoms with E-state index in [2.05, 4.69) is 5.32 Å². The number of halogens is 1. The van der Waals surface area contributed by atoms with E-state index in [0.717, 1.165) is 0 Å². The van der Waals surface area contributed by atoms with Gasteiger partial charge in [0, 0.05) is 10.7 Å². The van der Waals surface area contributed by atoms with Crippen LogP contribution in [0.4, 0.5) is 5.69 Å². The Labute approximate surface area is 138 Å². The number of ether oxygens (including phenoxy) is 1. The minimum absolute atomic E-state index is 0.00379. The summed E-state index contributed by atoms with van der Waals surface area (Å²) in [7, 11) is 0. The number of nitrogens with one attached hydrogen (secondary N) is 1. The first kappa shape index (κ1) is 16.5. The van der Waals surface area contributed by atoms with Crippen LogP contribution in [0.25, 0.3) is 0 Å². The molecule has 0 saturated heterocycles. The maximum Gasteiger partial charge on any atom is 0.310 e. The molecule has 6 heteroatoms. The normalized spacial score (nSPS) is 9.74. The van der Waals surface area contributed by atoms with E-state index >= 15 is 0 Å². The van der Waals surface area contributed by atoms with Crippen LogP contribution in [0.2, 0.25) is 5.02 Å². The standard InChI is InChI=1S/C17H13ClN2O3/c18-15-4-2-1-3-13(15)9-17(22)23-11-16(21)20-14-7-5-12(10-19)6-8-14/h1-8H,9,11H2,(H,20,21). The number of hydrogen-bond acceptors (Lipinski definition) is 4. The number of carbonyl (C=O) groups is 2. The van der Waals surface area contributed by atoms with Crippen LogP contribution in [-0.4, -0.2) is 18.5 Å². The number of anilines is 1. The minimum atomic E-state index is -0.534. The first-order valence-corrected chi connectivity index (χ1v) is 7.15. The average Bonchev–Trinajstić information content (AvgIpc) is 2.56. The van der Waals surface area contributed by atoms with E-state index in [1.807, 2.05) is 6.07 Å². The Morgan fingerprint density at radius 1 is 1.13 bits per heavy atom. The van der Waals surface area contributed by atoms with Crippen molar-refractivity contribution in [1.82, 2.24) is 0 Å². The van der Waals surface area contributed by atoms with Crippen molar-refractivity contribution in [2.75, 3.05) is 11.9 Å². The topological polar surface area (TPSA) is 79.2 Å². The second-order valence-corrected chi connectivity index (χ2v) is 5.07. The lowest BCUT2D eigenvalue weighted by Gasteiger charge is -2.07. The van der Waals surface area contributed by atoms with Gasteiger partial charge in [-0.2, -0.15) is 5.26 Å². The zero-order chi connectivity index (χ0) is 16.7. The highest BCUT2D eigenvalue weighted by Gasteiger charge is 2.10. The minimum Gasteiger partial charge on any atom is -0.455 e. The molecule has 0 heterocycles. The summed E-state index contributed by atoms with van der Waals surface area (Å²) in [5.41, 5.74) is 1.66. The van der Waals surface area contributed by atoms with Gasteiger partial charge in [-0.1, -0.05) is 29.8 Å². The molecule has 0 aliphatic heterocycles. The molecule has 5 nitrogen and oxygen atoms in total. The van der Waals surface area contributed by atoms with E-state index in [1.165, 1.54) is 0 Å². The first-order valence-electron chi connectivity index (χ1n) is 6.77. The Kier molecular flexibility index (Phi) is 5.73. The van der Waals surface area contributed by atoms with Gasteiger partial charge in [0.25, 0.3) is 5.91 Å². The largest absolute Gasteiger partial charge is 0.455 e. The van der Waals surface area contributed by atoms with Crippen LogP contribution >= 0.6 is 11.6 Å². The van der Waals surface area contributed by atoms with Crippen LogP contribution in [0.3, 0.4) is 0 Å². The second-order valence-electron chi connectivity index (χ2n) is 4.67. The molecular formula is C17H13ClN2O3. The molecular weight excluding hydrogens is 316 g/mol. The van der Waals surface area contributed by atoms with Crippen LogP contribution in [-0.2, 0) is 20.7 Å². The molecule has 0 atom stereocenters. The Balaban J connectivity index is 1.80. The van der Waals surface area contributed by atoms with Gasteiger partial charge in [0.2, 0.25) is 0 Å². The monoisotopic (exact) mass is 328 g/mol. The Morgan fingerprint density at radius 3 is 2.48 bits per heavy atom. The van der Waals surface area contributed by atoms with E-state index in [1.54, 1.807) is 48.5 Å². The van der Waals surface area contributed by atoms with Crippen LogP contribution in [0.1, 0.15) is 11.1 Å². The number of benzene rings is 2. The van der Waals surface area contributed by atoms with E-state index in [-0.39, 0.29) is 13.0 Å². The van der Waals surface area contributed by atoms with Gasteiger partial charge in [0.15, 0.2) is 6.61 Å². The fourth-order valence-electron chi connectivity index (χ4n) is 1.82. The van der Waals surface area contributed by atoms with Crippen molar-refractivity contribution in [3.05, 3.63) is 64.7 Å². The molecule has 0 unspecified atom stereocenters. The summed E-state index contributed by atoms with van der Waals surface area (Å²) in [6, 6.07) is 15.3. The average molecular weight is 329 g/mol. The molecule has 0 spiro atoms. The smallest absolute Gasteiger partial charge is 0.310 e. The molecule has 116 valence electrons. The third-order valence-electron chi connectivity index (χ3n) is 2.95. The number of nitriles is 1. The fraction of sp³-hybridized carbons (Fsp3) is 0.118. The zero-order valence-electron chi connectivity index (χ0n) is 12.1. The van der Waals surface area contributed by atoms with Crippen molar-refractivity contribution in [1.29, 1.82) is 5.26 Å². The number of carbonyl (C=O) groups excluding carboxylic acids is 2. The van der Waals surface area contributed by atoms with Crippen molar-refractivity contribution in [3.8, 4) is 6.07 Å². The Hall–Kier alpha value is -2.84. The van der Waals surface area contributed by atoms with Crippen molar-refractivity contribution >= 4 is 29.2 Å². The molecule has 0 aliphatic rings. The lowest BCUT2D eigenvalue weighted by Crippen LogP contribution is -2.21. The van der Waals surface area contributed by atoms with Gasteiger partial charge in [0.1, 0.15) is 0 Å². The molecule has 0 aliphatic carbocycles. The number of esters is 1. The summed E-state index contributed by atoms with van der Waals surface area (Å²) in [6.45, 7) is -0.386. The molecule has 2 aromatic rings. The Morgan fingerprint density at radius 2 is 1.83 bits per heavy atom. The molecule has 2 aromatic carbocycles. The van der Waals surface area contributed by atoms with E-state index in [0.29, 0.717) is 21.8 Å². The highest BCUT2D eigenvalue weighted by molar-refractivity contribution is 6.31. The third-order valence-corrected chi connectivity index (χ3v) is 3.32. The lowest BCUT2D eigenvalue weighted by atomic mass is 10.1. The molecule has 0 radical (unpaired) electrons. The van der Waals surface area contributed by atoms with Crippen molar-refractivity contribution in [3.63, 3.8) is 0 Å².